The first-order chi connectivity index (χ1) is 9.63. The van der Waals surface area contributed by atoms with E-state index in [9.17, 15) is 14.7 Å². The van der Waals surface area contributed by atoms with Crippen LogP contribution in [0.2, 0.25) is 0 Å². The van der Waals surface area contributed by atoms with Crippen molar-refractivity contribution in [1.82, 2.24) is 0 Å². The van der Waals surface area contributed by atoms with Crippen molar-refractivity contribution in [3.05, 3.63) is 59.2 Å². The molecule has 0 bridgehead atoms. The summed E-state index contributed by atoms with van der Waals surface area (Å²) in [7, 11) is 0. The van der Waals surface area contributed by atoms with E-state index >= 15 is 0 Å². The fourth-order valence-corrected chi connectivity index (χ4v) is 1.82. The molecule has 102 valence electrons. The highest BCUT2D eigenvalue weighted by atomic mass is 16.5. The number of hydrogen-bond donors (Lipinski definition) is 2. The molecule has 2 rings (SSSR count). The quantitative estimate of drug-likeness (QED) is 0.812. The summed E-state index contributed by atoms with van der Waals surface area (Å²) in [6.07, 6.45) is 0.519. The molecule has 0 saturated heterocycles. The Bertz CT molecular complexity index is 652. The number of carbonyl (C=O) groups excluding carboxylic acids is 2. The normalized spacial score (nSPS) is 10.0. The van der Waals surface area contributed by atoms with Crippen LogP contribution in [0.5, 0.6) is 11.5 Å². The van der Waals surface area contributed by atoms with Gasteiger partial charge in [0.1, 0.15) is 18.1 Å². The number of benzene rings is 2. The van der Waals surface area contributed by atoms with Gasteiger partial charge in [-0.25, -0.2) is 0 Å². The Balaban J connectivity index is 2.24. The van der Waals surface area contributed by atoms with Gasteiger partial charge in [0.25, 0.3) is 0 Å². The van der Waals surface area contributed by atoms with E-state index in [1.54, 1.807) is 36.4 Å². The smallest absolute Gasteiger partial charge is 0.249 e. The molecule has 5 heteroatoms. The highest BCUT2D eigenvalue weighted by Gasteiger charge is 2.11. The summed E-state index contributed by atoms with van der Waals surface area (Å²) in [5, 5.41) is 9.55. The van der Waals surface area contributed by atoms with E-state index in [0.717, 1.165) is 0 Å². The molecule has 0 aliphatic carbocycles. The van der Waals surface area contributed by atoms with Crippen molar-refractivity contribution in [2.24, 2.45) is 5.73 Å². The third-order valence-electron chi connectivity index (χ3n) is 2.83. The molecule has 5 nitrogen and oxygen atoms in total. The molecule has 0 aliphatic rings. The Morgan fingerprint density at radius 3 is 2.65 bits per heavy atom. The van der Waals surface area contributed by atoms with E-state index in [0.29, 0.717) is 17.4 Å². The molecule has 0 atom stereocenters. The van der Waals surface area contributed by atoms with Crippen molar-refractivity contribution >= 4 is 12.2 Å². The Morgan fingerprint density at radius 2 is 1.95 bits per heavy atom. The molecule has 3 N–H and O–H groups in total. The lowest BCUT2D eigenvalue weighted by Crippen LogP contribution is -2.14. The van der Waals surface area contributed by atoms with Gasteiger partial charge in [-0.3, -0.25) is 9.59 Å². The van der Waals surface area contributed by atoms with Crippen molar-refractivity contribution in [1.29, 1.82) is 0 Å². The number of aldehydes is 1. The standard InChI is InChI=1S/C15H13NO4/c16-15(19)11-5-2-1-4-10(11)9-20-14-7-3-6-13(18)12(14)8-17/h1-8,18H,9H2,(H2,16,19). The third-order valence-corrected chi connectivity index (χ3v) is 2.83. The van der Waals surface area contributed by atoms with Gasteiger partial charge in [-0.1, -0.05) is 24.3 Å². The van der Waals surface area contributed by atoms with Gasteiger partial charge >= 0.3 is 0 Å². The molecule has 0 radical (unpaired) electrons. The van der Waals surface area contributed by atoms with Gasteiger partial charge in [-0.05, 0) is 18.2 Å². The molecule has 0 spiro atoms. The number of amides is 1. The molecular formula is C15H13NO4. The molecule has 0 saturated carbocycles. The van der Waals surface area contributed by atoms with Gasteiger partial charge in [0, 0.05) is 11.1 Å². The maximum Gasteiger partial charge on any atom is 0.249 e. The predicted octanol–water partition coefficient (Wildman–Crippen LogP) is 1.88. The van der Waals surface area contributed by atoms with Crippen LogP contribution in [0.3, 0.4) is 0 Å². The lowest BCUT2D eigenvalue weighted by Gasteiger charge is -2.11. The first kappa shape index (κ1) is 13.6. The number of phenols is 1. The minimum Gasteiger partial charge on any atom is -0.507 e. The Labute approximate surface area is 115 Å². The molecule has 2 aromatic rings. The molecule has 0 aromatic heterocycles. The van der Waals surface area contributed by atoms with E-state index in [1.165, 1.54) is 6.07 Å². The number of carbonyl (C=O) groups is 2. The highest BCUT2D eigenvalue weighted by molar-refractivity contribution is 5.94. The SMILES string of the molecule is NC(=O)c1ccccc1COc1cccc(O)c1C=O. The van der Waals surface area contributed by atoms with Crippen LogP contribution in [0, 0.1) is 0 Å². The van der Waals surface area contributed by atoms with Crippen molar-refractivity contribution in [2.45, 2.75) is 6.61 Å². The van der Waals surface area contributed by atoms with E-state index in [-0.39, 0.29) is 23.7 Å². The topological polar surface area (TPSA) is 89.6 Å². The van der Waals surface area contributed by atoms with E-state index in [2.05, 4.69) is 0 Å². The Hall–Kier alpha value is -2.82. The summed E-state index contributed by atoms with van der Waals surface area (Å²) in [4.78, 5) is 22.2. The minimum atomic E-state index is -0.546. The summed E-state index contributed by atoms with van der Waals surface area (Å²) < 4.78 is 5.49. The van der Waals surface area contributed by atoms with E-state index in [1.807, 2.05) is 0 Å². The van der Waals surface area contributed by atoms with Gasteiger partial charge in [0.15, 0.2) is 6.29 Å². The molecule has 0 aliphatic heterocycles. The van der Waals surface area contributed by atoms with Gasteiger partial charge in [-0.15, -0.1) is 0 Å². The first-order valence-corrected chi connectivity index (χ1v) is 5.91. The van der Waals surface area contributed by atoms with Crippen LogP contribution in [0.25, 0.3) is 0 Å². The zero-order chi connectivity index (χ0) is 14.5. The largest absolute Gasteiger partial charge is 0.507 e. The van der Waals surface area contributed by atoms with Gasteiger partial charge in [0.2, 0.25) is 5.91 Å². The predicted molar refractivity (Wildman–Crippen MR) is 72.8 cm³/mol. The molecule has 0 fully saturated rings. The first-order valence-electron chi connectivity index (χ1n) is 5.91. The fourth-order valence-electron chi connectivity index (χ4n) is 1.82. The second-order valence-corrected chi connectivity index (χ2v) is 4.12. The number of aromatic hydroxyl groups is 1. The van der Waals surface area contributed by atoms with Crippen LogP contribution in [-0.2, 0) is 6.61 Å². The molecule has 2 aromatic carbocycles. The number of rotatable bonds is 5. The number of hydrogen-bond acceptors (Lipinski definition) is 4. The number of primary amides is 1. The lowest BCUT2D eigenvalue weighted by molar-refractivity contribution is 0.0996. The summed E-state index contributed by atoms with van der Waals surface area (Å²) in [5.74, 6) is -0.448. The molecule has 0 heterocycles. The highest BCUT2D eigenvalue weighted by Crippen LogP contribution is 2.26. The maximum atomic E-state index is 11.3. The van der Waals surface area contributed by atoms with Crippen LogP contribution >= 0.6 is 0 Å². The van der Waals surface area contributed by atoms with Crippen LogP contribution in [0.15, 0.2) is 42.5 Å². The lowest BCUT2D eigenvalue weighted by atomic mass is 10.1. The van der Waals surface area contributed by atoms with Crippen molar-refractivity contribution < 1.29 is 19.4 Å². The van der Waals surface area contributed by atoms with Gasteiger partial charge < -0.3 is 15.6 Å². The number of phenolic OH excluding ortho intramolecular Hbond substituents is 1. The monoisotopic (exact) mass is 271 g/mol. The van der Waals surface area contributed by atoms with Gasteiger partial charge in [0.05, 0.1) is 5.56 Å². The average Bonchev–Trinajstić information content (AvgIpc) is 2.45. The van der Waals surface area contributed by atoms with Crippen LogP contribution < -0.4 is 10.5 Å². The van der Waals surface area contributed by atoms with Crippen molar-refractivity contribution in [3.8, 4) is 11.5 Å². The average molecular weight is 271 g/mol. The van der Waals surface area contributed by atoms with Crippen LogP contribution in [0.4, 0.5) is 0 Å². The van der Waals surface area contributed by atoms with Crippen LogP contribution in [0.1, 0.15) is 26.3 Å². The molecular weight excluding hydrogens is 258 g/mol. The Kier molecular flexibility index (Phi) is 4.00. The van der Waals surface area contributed by atoms with Crippen LogP contribution in [-0.4, -0.2) is 17.3 Å². The zero-order valence-electron chi connectivity index (χ0n) is 10.6. The summed E-state index contributed by atoms with van der Waals surface area (Å²) in [5.41, 5.74) is 6.32. The van der Waals surface area contributed by atoms with Gasteiger partial charge in [-0.2, -0.15) is 0 Å². The second-order valence-electron chi connectivity index (χ2n) is 4.12. The zero-order valence-corrected chi connectivity index (χ0v) is 10.6. The molecule has 0 unspecified atom stereocenters. The Morgan fingerprint density at radius 1 is 1.20 bits per heavy atom. The maximum absolute atomic E-state index is 11.3. The number of nitrogens with two attached hydrogens (primary N) is 1. The van der Waals surface area contributed by atoms with E-state index in [4.69, 9.17) is 10.5 Å². The molecule has 20 heavy (non-hydrogen) atoms. The third kappa shape index (κ3) is 2.77. The summed E-state index contributed by atoms with van der Waals surface area (Å²) >= 11 is 0. The summed E-state index contributed by atoms with van der Waals surface area (Å²) in [6, 6.07) is 11.3. The van der Waals surface area contributed by atoms with Crippen molar-refractivity contribution in [2.75, 3.05) is 0 Å². The van der Waals surface area contributed by atoms with E-state index < -0.39 is 5.91 Å². The number of ether oxygens (including phenoxy) is 1. The van der Waals surface area contributed by atoms with Crippen molar-refractivity contribution in [3.63, 3.8) is 0 Å². The minimum absolute atomic E-state index is 0.0728. The second kappa shape index (κ2) is 5.88. The molecule has 1 amide bonds. The summed E-state index contributed by atoms with van der Waals surface area (Å²) in [6.45, 7) is 0.0728. The fraction of sp³-hybridized carbons (Fsp3) is 0.0667.